The van der Waals surface area contributed by atoms with Gasteiger partial charge in [-0.1, -0.05) is 32.6 Å². The molecule has 0 radical (unpaired) electrons. The largest absolute Gasteiger partial charge is 0.391 e. The Bertz CT molecular complexity index is 202. The van der Waals surface area contributed by atoms with E-state index in [1.807, 2.05) is 0 Å². The SMILES string of the molecule is CCCCCCCC(=O)NCC(O)C1CC1. The van der Waals surface area contributed by atoms with Crippen molar-refractivity contribution in [1.29, 1.82) is 0 Å². The van der Waals surface area contributed by atoms with Crippen molar-refractivity contribution in [2.45, 2.75) is 64.4 Å². The Morgan fingerprint density at radius 1 is 1.31 bits per heavy atom. The lowest BCUT2D eigenvalue weighted by atomic mass is 10.1. The molecule has 1 aliphatic carbocycles. The zero-order valence-corrected chi connectivity index (χ0v) is 10.4. The van der Waals surface area contributed by atoms with Gasteiger partial charge in [0, 0.05) is 13.0 Å². The maximum atomic E-state index is 11.4. The molecule has 0 saturated heterocycles. The lowest BCUT2D eigenvalue weighted by Gasteiger charge is -2.10. The van der Waals surface area contributed by atoms with E-state index >= 15 is 0 Å². The third kappa shape index (κ3) is 6.11. The van der Waals surface area contributed by atoms with Gasteiger partial charge in [-0.3, -0.25) is 4.79 Å². The third-order valence-corrected chi connectivity index (χ3v) is 3.18. The summed E-state index contributed by atoms with van der Waals surface area (Å²) in [6.07, 6.45) is 8.39. The van der Waals surface area contributed by atoms with Gasteiger partial charge in [0.05, 0.1) is 6.10 Å². The Morgan fingerprint density at radius 3 is 2.62 bits per heavy atom. The fourth-order valence-corrected chi connectivity index (χ4v) is 1.84. The Kier molecular flexibility index (Phi) is 6.46. The minimum Gasteiger partial charge on any atom is -0.391 e. The zero-order valence-electron chi connectivity index (χ0n) is 10.4. The minimum absolute atomic E-state index is 0.0937. The van der Waals surface area contributed by atoms with Gasteiger partial charge >= 0.3 is 0 Å². The lowest BCUT2D eigenvalue weighted by molar-refractivity contribution is -0.121. The van der Waals surface area contributed by atoms with E-state index in [0.717, 1.165) is 25.7 Å². The first-order valence-corrected chi connectivity index (χ1v) is 6.68. The highest BCUT2D eigenvalue weighted by molar-refractivity contribution is 5.75. The van der Waals surface area contributed by atoms with Crippen LogP contribution in [0.5, 0.6) is 0 Å². The smallest absolute Gasteiger partial charge is 0.220 e. The molecule has 1 unspecified atom stereocenters. The van der Waals surface area contributed by atoms with E-state index in [4.69, 9.17) is 0 Å². The summed E-state index contributed by atoms with van der Waals surface area (Å²) in [5.74, 6) is 0.543. The summed E-state index contributed by atoms with van der Waals surface area (Å²) in [6, 6.07) is 0. The fourth-order valence-electron chi connectivity index (χ4n) is 1.84. The first-order valence-electron chi connectivity index (χ1n) is 6.68. The van der Waals surface area contributed by atoms with E-state index in [-0.39, 0.29) is 12.0 Å². The summed E-state index contributed by atoms with van der Waals surface area (Å²) >= 11 is 0. The molecule has 1 saturated carbocycles. The summed E-state index contributed by atoms with van der Waals surface area (Å²) in [6.45, 7) is 2.63. The van der Waals surface area contributed by atoms with Gasteiger partial charge in [0.2, 0.25) is 5.91 Å². The number of aliphatic hydroxyl groups excluding tert-OH is 1. The molecule has 94 valence electrons. The van der Waals surface area contributed by atoms with Gasteiger partial charge in [0.1, 0.15) is 0 Å². The van der Waals surface area contributed by atoms with Gasteiger partial charge in [0.25, 0.3) is 0 Å². The standard InChI is InChI=1S/C13H25NO2/c1-2-3-4-5-6-7-13(16)14-10-12(15)11-8-9-11/h11-12,15H,2-10H2,1H3,(H,14,16). The quantitative estimate of drug-likeness (QED) is 0.593. The van der Waals surface area contributed by atoms with Crippen molar-refractivity contribution in [3.63, 3.8) is 0 Å². The second kappa shape index (κ2) is 7.66. The van der Waals surface area contributed by atoms with Crippen molar-refractivity contribution in [3.05, 3.63) is 0 Å². The van der Waals surface area contributed by atoms with Crippen LogP contribution in [0.25, 0.3) is 0 Å². The fraction of sp³-hybridized carbons (Fsp3) is 0.923. The first kappa shape index (κ1) is 13.5. The average molecular weight is 227 g/mol. The second-order valence-corrected chi connectivity index (χ2v) is 4.87. The second-order valence-electron chi connectivity index (χ2n) is 4.87. The van der Waals surface area contributed by atoms with E-state index in [0.29, 0.717) is 18.9 Å². The number of aliphatic hydroxyl groups is 1. The van der Waals surface area contributed by atoms with Crippen LogP contribution in [0.3, 0.4) is 0 Å². The maximum absolute atomic E-state index is 11.4. The van der Waals surface area contributed by atoms with Crippen molar-refractivity contribution < 1.29 is 9.90 Å². The van der Waals surface area contributed by atoms with Gasteiger partial charge in [0.15, 0.2) is 0 Å². The highest BCUT2D eigenvalue weighted by Crippen LogP contribution is 2.32. The highest BCUT2D eigenvalue weighted by Gasteiger charge is 2.29. The number of carbonyl (C=O) groups is 1. The van der Waals surface area contributed by atoms with Gasteiger partial charge in [-0.25, -0.2) is 0 Å². The van der Waals surface area contributed by atoms with Crippen molar-refractivity contribution in [2.24, 2.45) is 5.92 Å². The van der Waals surface area contributed by atoms with Crippen LogP contribution in [0.2, 0.25) is 0 Å². The average Bonchev–Trinajstić information content (AvgIpc) is 3.09. The van der Waals surface area contributed by atoms with Crippen LogP contribution >= 0.6 is 0 Å². The predicted molar refractivity (Wildman–Crippen MR) is 65.1 cm³/mol. The molecular weight excluding hydrogens is 202 g/mol. The van der Waals surface area contributed by atoms with Crippen LogP contribution in [-0.4, -0.2) is 23.7 Å². The molecule has 0 aromatic heterocycles. The predicted octanol–water partition coefficient (Wildman–Crippen LogP) is 2.23. The van der Waals surface area contributed by atoms with Gasteiger partial charge in [-0.2, -0.15) is 0 Å². The minimum atomic E-state index is -0.316. The van der Waals surface area contributed by atoms with E-state index < -0.39 is 0 Å². The normalized spacial score (nSPS) is 17.1. The molecule has 3 nitrogen and oxygen atoms in total. The van der Waals surface area contributed by atoms with Crippen LogP contribution in [0.4, 0.5) is 0 Å². The first-order chi connectivity index (χ1) is 7.74. The van der Waals surface area contributed by atoms with Crippen molar-refractivity contribution in [3.8, 4) is 0 Å². The molecule has 0 spiro atoms. The molecular formula is C13H25NO2. The Labute approximate surface area is 98.6 Å². The zero-order chi connectivity index (χ0) is 11.8. The van der Waals surface area contributed by atoms with E-state index in [2.05, 4.69) is 12.2 Å². The highest BCUT2D eigenvalue weighted by atomic mass is 16.3. The Hall–Kier alpha value is -0.570. The summed E-state index contributed by atoms with van der Waals surface area (Å²) in [5, 5.41) is 12.4. The molecule has 1 aliphatic rings. The van der Waals surface area contributed by atoms with Crippen LogP contribution in [-0.2, 0) is 4.79 Å². The van der Waals surface area contributed by atoms with Crippen LogP contribution < -0.4 is 5.32 Å². The van der Waals surface area contributed by atoms with Gasteiger partial charge in [-0.05, 0) is 25.2 Å². The molecule has 1 atom stereocenters. The lowest BCUT2D eigenvalue weighted by Crippen LogP contribution is -2.32. The third-order valence-electron chi connectivity index (χ3n) is 3.18. The van der Waals surface area contributed by atoms with E-state index in [1.54, 1.807) is 0 Å². The molecule has 1 amide bonds. The topological polar surface area (TPSA) is 49.3 Å². The van der Waals surface area contributed by atoms with Gasteiger partial charge < -0.3 is 10.4 Å². The molecule has 0 aromatic carbocycles. The number of amides is 1. The maximum Gasteiger partial charge on any atom is 0.220 e. The molecule has 1 fully saturated rings. The number of nitrogens with one attached hydrogen (secondary N) is 1. The van der Waals surface area contributed by atoms with E-state index in [1.165, 1.54) is 19.3 Å². The summed E-state index contributed by atoms with van der Waals surface area (Å²) in [5.41, 5.74) is 0. The van der Waals surface area contributed by atoms with Crippen molar-refractivity contribution >= 4 is 5.91 Å². The molecule has 16 heavy (non-hydrogen) atoms. The number of hydrogen-bond acceptors (Lipinski definition) is 2. The summed E-state index contributed by atoms with van der Waals surface area (Å²) < 4.78 is 0. The van der Waals surface area contributed by atoms with Crippen LogP contribution in [0.15, 0.2) is 0 Å². The monoisotopic (exact) mass is 227 g/mol. The number of hydrogen-bond donors (Lipinski definition) is 2. The van der Waals surface area contributed by atoms with E-state index in [9.17, 15) is 9.90 Å². The molecule has 0 aromatic rings. The summed E-state index contributed by atoms with van der Waals surface area (Å²) in [4.78, 5) is 11.4. The molecule has 2 N–H and O–H groups in total. The van der Waals surface area contributed by atoms with Crippen molar-refractivity contribution in [1.82, 2.24) is 5.32 Å². The Morgan fingerprint density at radius 2 is 2.00 bits per heavy atom. The molecule has 1 rings (SSSR count). The number of rotatable bonds is 9. The molecule has 0 aliphatic heterocycles. The molecule has 0 heterocycles. The molecule has 3 heteroatoms. The van der Waals surface area contributed by atoms with Crippen LogP contribution in [0.1, 0.15) is 58.3 Å². The summed E-state index contributed by atoms with van der Waals surface area (Å²) in [7, 11) is 0. The number of unbranched alkanes of at least 4 members (excludes halogenated alkanes) is 4. The van der Waals surface area contributed by atoms with Crippen molar-refractivity contribution in [2.75, 3.05) is 6.54 Å². The van der Waals surface area contributed by atoms with Crippen LogP contribution in [0, 0.1) is 5.92 Å². The number of carbonyl (C=O) groups excluding carboxylic acids is 1. The van der Waals surface area contributed by atoms with Gasteiger partial charge in [-0.15, -0.1) is 0 Å². The molecule has 0 bridgehead atoms. The Balaban J connectivity index is 1.89.